The predicted molar refractivity (Wildman–Crippen MR) is 153 cm³/mol. The number of aryl methyl sites for hydroxylation is 1. The largest absolute Gasteiger partial charge is 0.382 e. The van der Waals surface area contributed by atoms with Crippen LogP contribution in [0.5, 0.6) is 0 Å². The van der Waals surface area contributed by atoms with Gasteiger partial charge in [-0.3, -0.25) is 9.36 Å². The Morgan fingerprint density at radius 3 is 2.27 bits per heavy atom. The van der Waals surface area contributed by atoms with E-state index in [0.717, 1.165) is 16.9 Å². The molecule has 4 aromatic rings. The van der Waals surface area contributed by atoms with Crippen molar-refractivity contribution in [1.29, 1.82) is 0 Å². The van der Waals surface area contributed by atoms with E-state index >= 15 is 0 Å². The molecule has 0 aliphatic heterocycles. The molecule has 0 bridgehead atoms. The van der Waals surface area contributed by atoms with Crippen LogP contribution in [0, 0.1) is 6.92 Å². The van der Waals surface area contributed by atoms with Crippen molar-refractivity contribution in [3.63, 3.8) is 0 Å². The van der Waals surface area contributed by atoms with Crippen molar-refractivity contribution in [3.05, 3.63) is 80.8 Å². The monoisotopic (exact) mass is 536 g/mol. The highest BCUT2D eigenvalue weighted by atomic mass is 35.5. The molecule has 7 nitrogen and oxygen atoms in total. The maximum Gasteiger partial charge on any atom is 0.266 e. The number of hydrogen-bond donors (Lipinski definition) is 2. The van der Waals surface area contributed by atoms with Crippen LogP contribution in [-0.2, 0) is 0 Å². The Hall–Kier alpha value is -3.13. The van der Waals surface area contributed by atoms with Crippen molar-refractivity contribution in [2.24, 2.45) is 0 Å². The summed E-state index contributed by atoms with van der Waals surface area (Å²) in [5.41, 5.74) is 3.52. The lowest BCUT2D eigenvalue weighted by Crippen LogP contribution is -2.36. The fraction of sp³-hybridized carbons (Fsp3) is 0.321. The van der Waals surface area contributed by atoms with Crippen LogP contribution >= 0.6 is 23.2 Å². The third-order valence-corrected chi connectivity index (χ3v) is 7.66. The van der Waals surface area contributed by atoms with Crippen LogP contribution < -0.4 is 16.2 Å². The number of nitrogens with one attached hydrogen (secondary N) is 2. The van der Waals surface area contributed by atoms with E-state index in [-0.39, 0.29) is 5.56 Å². The van der Waals surface area contributed by atoms with E-state index in [4.69, 9.17) is 23.2 Å². The maximum absolute atomic E-state index is 13.2. The summed E-state index contributed by atoms with van der Waals surface area (Å²) in [6.45, 7) is 1.90. The normalized spacial score (nSPS) is 17.8. The van der Waals surface area contributed by atoms with Gasteiger partial charge in [-0.1, -0.05) is 29.3 Å². The second kappa shape index (κ2) is 10.7. The van der Waals surface area contributed by atoms with Crippen molar-refractivity contribution < 1.29 is 0 Å². The second-order valence-corrected chi connectivity index (χ2v) is 10.6. The Morgan fingerprint density at radius 1 is 0.973 bits per heavy atom. The number of para-hydroxylation sites is 1. The summed E-state index contributed by atoms with van der Waals surface area (Å²) < 4.78 is 1.46. The zero-order chi connectivity index (χ0) is 26.1. The molecule has 2 aromatic carbocycles. The summed E-state index contributed by atoms with van der Waals surface area (Å²) in [5, 5.41) is 8.10. The first-order chi connectivity index (χ1) is 17.8. The number of rotatable bonds is 6. The number of aromatic nitrogens is 3. The van der Waals surface area contributed by atoms with E-state index in [1.807, 2.05) is 19.1 Å². The zero-order valence-electron chi connectivity index (χ0n) is 21.1. The van der Waals surface area contributed by atoms with E-state index in [1.54, 1.807) is 30.6 Å². The third kappa shape index (κ3) is 5.44. The summed E-state index contributed by atoms with van der Waals surface area (Å²) in [6.07, 6.45) is 8.05. The molecule has 2 aromatic heterocycles. The molecule has 0 amide bonds. The number of anilines is 3. The molecule has 0 saturated heterocycles. The summed E-state index contributed by atoms with van der Waals surface area (Å²) in [6, 6.07) is 14.5. The van der Waals surface area contributed by atoms with Gasteiger partial charge >= 0.3 is 0 Å². The van der Waals surface area contributed by atoms with Crippen LogP contribution in [0.3, 0.4) is 0 Å². The van der Waals surface area contributed by atoms with Crippen LogP contribution in [0.25, 0.3) is 16.6 Å². The number of nitrogens with zero attached hydrogens (tertiary/aromatic N) is 4. The first-order valence-corrected chi connectivity index (χ1v) is 13.2. The minimum absolute atomic E-state index is 0.280. The van der Waals surface area contributed by atoms with Crippen LogP contribution in [-0.4, -0.2) is 45.6 Å². The number of hydrogen-bond acceptors (Lipinski definition) is 6. The Labute approximate surface area is 226 Å². The van der Waals surface area contributed by atoms with E-state index in [0.29, 0.717) is 44.7 Å². The molecule has 37 heavy (non-hydrogen) atoms. The van der Waals surface area contributed by atoms with Crippen LogP contribution in [0.4, 0.5) is 17.3 Å². The molecule has 5 rings (SSSR count). The Balaban J connectivity index is 1.32. The lowest BCUT2D eigenvalue weighted by molar-refractivity contribution is 0.221. The van der Waals surface area contributed by atoms with Gasteiger partial charge < -0.3 is 15.5 Å². The van der Waals surface area contributed by atoms with Crippen molar-refractivity contribution in [2.75, 3.05) is 24.7 Å². The smallest absolute Gasteiger partial charge is 0.266 e. The molecule has 9 heteroatoms. The Kier molecular flexibility index (Phi) is 7.38. The standard InChI is InChI=1S/C28H30Cl2N6O/c1-17-16-36(26-23(29)5-4-6-24(26)30)27(37)22-15-31-28(34-25(17)22)33-20-9-7-18(8-10-20)32-19-11-13-21(14-12-19)35(2)3/h4-10,15-16,19,21,32H,11-14H2,1-3H3,(H,31,33,34). The highest BCUT2D eigenvalue weighted by Crippen LogP contribution is 2.29. The molecule has 2 N–H and O–H groups in total. The quantitative estimate of drug-likeness (QED) is 0.296. The van der Waals surface area contributed by atoms with Crippen LogP contribution in [0.15, 0.2) is 59.7 Å². The van der Waals surface area contributed by atoms with Gasteiger partial charge in [0.15, 0.2) is 0 Å². The molecule has 0 atom stereocenters. The first-order valence-electron chi connectivity index (χ1n) is 12.4. The lowest BCUT2D eigenvalue weighted by atomic mass is 9.90. The zero-order valence-corrected chi connectivity index (χ0v) is 22.6. The predicted octanol–water partition coefficient (Wildman–Crippen LogP) is 6.42. The molecule has 1 fully saturated rings. The van der Waals surface area contributed by atoms with Gasteiger partial charge in [0.25, 0.3) is 5.56 Å². The van der Waals surface area contributed by atoms with Gasteiger partial charge in [0, 0.05) is 35.9 Å². The summed E-state index contributed by atoms with van der Waals surface area (Å²) in [5.74, 6) is 0.422. The molecule has 0 radical (unpaired) electrons. The minimum atomic E-state index is -0.280. The average Bonchev–Trinajstić information content (AvgIpc) is 2.88. The highest BCUT2D eigenvalue weighted by Gasteiger charge is 2.22. The number of benzene rings is 2. The molecule has 0 spiro atoms. The van der Waals surface area contributed by atoms with E-state index < -0.39 is 0 Å². The van der Waals surface area contributed by atoms with Gasteiger partial charge in [-0.15, -0.1) is 0 Å². The first kappa shape index (κ1) is 25.5. The van der Waals surface area contributed by atoms with Crippen molar-refractivity contribution in [2.45, 2.75) is 44.7 Å². The number of halogens is 2. The molecule has 1 aliphatic carbocycles. The Bertz CT molecular complexity index is 1460. The van der Waals surface area contributed by atoms with Gasteiger partial charge in [0.05, 0.1) is 26.6 Å². The van der Waals surface area contributed by atoms with Gasteiger partial charge in [-0.25, -0.2) is 9.97 Å². The molecule has 1 saturated carbocycles. The number of fused-ring (bicyclic) bond motifs is 1. The fourth-order valence-electron chi connectivity index (χ4n) is 4.98. The minimum Gasteiger partial charge on any atom is -0.382 e. The van der Waals surface area contributed by atoms with Gasteiger partial charge in [0.2, 0.25) is 5.95 Å². The summed E-state index contributed by atoms with van der Waals surface area (Å²) in [7, 11) is 4.33. The van der Waals surface area contributed by atoms with Crippen LogP contribution in [0.2, 0.25) is 10.0 Å². The fourth-order valence-corrected chi connectivity index (χ4v) is 5.56. The summed E-state index contributed by atoms with van der Waals surface area (Å²) >= 11 is 12.7. The third-order valence-electron chi connectivity index (χ3n) is 7.05. The van der Waals surface area contributed by atoms with Gasteiger partial charge in [-0.05, 0) is 88.7 Å². The summed E-state index contributed by atoms with van der Waals surface area (Å²) in [4.78, 5) is 24.6. The van der Waals surface area contributed by atoms with Crippen LogP contribution in [0.1, 0.15) is 31.2 Å². The lowest BCUT2D eigenvalue weighted by Gasteiger charge is -2.33. The molecule has 0 unspecified atom stereocenters. The van der Waals surface area contributed by atoms with Gasteiger partial charge in [-0.2, -0.15) is 0 Å². The SMILES string of the molecule is Cc1cn(-c2c(Cl)cccc2Cl)c(=O)c2cnc(Nc3ccc(NC4CCC(N(C)C)CC4)cc3)nc12. The maximum atomic E-state index is 13.2. The van der Waals surface area contributed by atoms with Gasteiger partial charge in [0.1, 0.15) is 0 Å². The molecular weight excluding hydrogens is 507 g/mol. The molecule has 1 aliphatic rings. The van der Waals surface area contributed by atoms with Crippen molar-refractivity contribution in [3.8, 4) is 5.69 Å². The number of pyridine rings is 1. The van der Waals surface area contributed by atoms with E-state index in [9.17, 15) is 4.79 Å². The highest BCUT2D eigenvalue weighted by molar-refractivity contribution is 6.37. The second-order valence-electron chi connectivity index (χ2n) is 9.83. The van der Waals surface area contributed by atoms with E-state index in [1.165, 1.54) is 30.3 Å². The Morgan fingerprint density at radius 2 is 1.62 bits per heavy atom. The molecule has 2 heterocycles. The van der Waals surface area contributed by atoms with E-state index in [2.05, 4.69) is 51.7 Å². The molecule has 192 valence electrons. The van der Waals surface area contributed by atoms with Crippen molar-refractivity contribution >= 4 is 51.4 Å². The topological polar surface area (TPSA) is 75.1 Å². The average molecular weight is 537 g/mol. The molecular formula is C28H30Cl2N6O. The van der Waals surface area contributed by atoms with Crippen molar-refractivity contribution in [1.82, 2.24) is 19.4 Å².